The second-order valence-corrected chi connectivity index (χ2v) is 4.34. The van der Waals surface area contributed by atoms with Crippen LogP contribution in [0.4, 0.5) is 0 Å². The maximum Gasteiger partial charge on any atom is 0.219 e. The number of ketones is 1. The third-order valence-corrected chi connectivity index (χ3v) is 2.85. The van der Waals surface area contributed by atoms with E-state index in [2.05, 4.69) is 21.0 Å². The average Bonchev–Trinajstić information content (AvgIpc) is 2.67. The van der Waals surface area contributed by atoms with E-state index in [9.17, 15) is 4.79 Å². The number of nitrogens with zero attached hydrogens (tertiary/aromatic N) is 2. The van der Waals surface area contributed by atoms with E-state index in [1.807, 2.05) is 30.3 Å². The first-order valence-electron chi connectivity index (χ1n) is 5.07. The molecule has 0 atom stereocenters. The van der Waals surface area contributed by atoms with Gasteiger partial charge in [-0.25, -0.2) is 0 Å². The van der Waals surface area contributed by atoms with Crippen LogP contribution in [0, 0.1) is 0 Å². The normalized spacial score (nSPS) is 10.2. The van der Waals surface area contributed by atoms with Crippen LogP contribution >= 0.6 is 15.9 Å². The highest BCUT2D eigenvalue weighted by Crippen LogP contribution is 2.16. The summed E-state index contributed by atoms with van der Waals surface area (Å²) in [5.74, 6) is 0.569. The first kappa shape index (κ1) is 11.9. The lowest BCUT2D eigenvalue weighted by Crippen LogP contribution is -2.15. The van der Waals surface area contributed by atoms with Crippen molar-refractivity contribution in [3.8, 4) is 5.75 Å². The molecule has 0 bridgehead atoms. The van der Waals surface area contributed by atoms with E-state index in [1.165, 1.54) is 4.68 Å². The zero-order valence-electron chi connectivity index (χ0n) is 9.26. The maximum absolute atomic E-state index is 11.9. The average molecular weight is 295 g/mol. The molecule has 5 heteroatoms. The van der Waals surface area contributed by atoms with Crippen LogP contribution in [0.15, 0.2) is 41.0 Å². The Morgan fingerprint density at radius 1 is 1.41 bits per heavy atom. The predicted molar refractivity (Wildman–Crippen MR) is 67.2 cm³/mol. The number of halogens is 1. The third kappa shape index (κ3) is 2.74. The van der Waals surface area contributed by atoms with Gasteiger partial charge in [0.05, 0.1) is 10.7 Å². The van der Waals surface area contributed by atoms with Crippen LogP contribution in [0.3, 0.4) is 0 Å². The number of para-hydroxylation sites is 1. The van der Waals surface area contributed by atoms with Gasteiger partial charge in [-0.2, -0.15) is 5.10 Å². The van der Waals surface area contributed by atoms with Gasteiger partial charge in [0.1, 0.15) is 11.4 Å². The first-order valence-corrected chi connectivity index (χ1v) is 5.86. The monoisotopic (exact) mass is 294 g/mol. The number of carbonyl (C=O) groups excluding carboxylic acids is 1. The van der Waals surface area contributed by atoms with Crippen molar-refractivity contribution < 1.29 is 9.53 Å². The fraction of sp³-hybridized carbons (Fsp3) is 0.167. The Morgan fingerprint density at radius 2 is 2.12 bits per heavy atom. The number of aryl methyl sites for hydroxylation is 1. The van der Waals surface area contributed by atoms with Crippen molar-refractivity contribution in [2.45, 2.75) is 0 Å². The lowest BCUT2D eigenvalue weighted by Gasteiger charge is -2.05. The minimum Gasteiger partial charge on any atom is -0.485 e. The van der Waals surface area contributed by atoms with Crippen molar-refractivity contribution in [1.29, 1.82) is 0 Å². The summed E-state index contributed by atoms with van der Waals surface area (Å²) >= 11 is 3.28. The minimum absolute atomic E-state index is 0.00213. The first-order chi connectivity index (χ1) is 8.18. The highest BCUT2D eigenvalue weighted by Gasteiger charge is 2.15. The molecule has 1 aromatic carbocycles. The van der Waals surface area contributed by atoms with Crippen LogP contribution in [-0.4, -0.2) is 22.2 Å². The van der Waals surface area contributed by atoms with Gasteiger partial charge in [-0.05, 0) is 28.1 Å². The molecule has 2 aromatic rings. The summed E-state index contributed by atoms with van der Waals surface area (Å²) < 4.78 is 7.60. The van der Waals surface area contributed by atoms with Gasteiger partial charge >= 0.3 is 0 Å². The van der Waals surface area contributed by atoms with Gasteiger partial charge < -0.3 is 4.74 Å². The van der Waals surface area contributed by atoms with Crippen LogP contribution in [-0.2, 0) is 7.05 Å². The minimum atomic E-state index is -0.110. The van der Waals surface area contributed by atoms with Crippen molar-refractivity contribution in [2.24, 2.45) is 7.05 Å². The molecule has 4 nitrogen and oxygen atoms in total. The van der Waals surface area contributed by atoms with Gasteiger partial charge in [0.2, 0.25) is 5.78 Å². The largest absolute Gasteiger partial charge is 0.485 e. The Bertz CT molecular complexity index is 503. The Kier molecular flexibility index (Phi) is 3.58. The molecule has 0 aliphatic rings. The number of hydrogen-bond donors (Lipinski definition) is 0. The van der Waals surface area contributed by atoms with Crippen molar-refractivity contribution in [1.82, 2.24) is 9.78 Å². The summed E-state index contributed by atoms with van der Waals surface area (Å²) in [4.78, 5) is 11.9. The summed E-state index contributed by atoms with van der Waals surface area (Å²) in [5, 5.41) is 3.99. The highest BCUT2D eigenvalue weighted by molar-refractivity contribution is 9.10. The summed E-state index contributed by atoms with van der Waals surface area (Å²) in [7, 11) is 1.72. The van der Waals surface area contributed by atoms with Crippen LogP contribution in [0.5, 0.6) is 5.75 Å². The molecule has 0 N–H and O–H groups in total. The fourth-order valence-corrected chi connectivity index (χ4v) is 2.03. The van der Waals surface area contributed by atoms with Gasteiger partial charge in [-0.1, -0.05) is 18.2 Å². The van der Waals surface area contributed by atoms with E-state index in [4.69, 9.17) is 4.74 Å². The number of hydrogen-bond acceptors (Lipinski definition) is 3. The molecular weight excluding hydrogens is 284 g/mol. The maximum atomic E-state index is 11.9. The summed E-state index contributed by atoms with van der Waals surface area (Å²) in [6.07, 6.45) is 1.59. The number of carbonyl (C=O) groups is 1. The molecule has 1 heterocycles. The van der Waals surface area contributed by atoms with E-state index >= 15 is 0 Å². The zero-order valence-corrected chi connectivity index (χ0v) is 10.8. The number of benzene rings is 1. The molecule has 0 fully saturated rings. The van der Waals surface area contributed by atoms with E-state index in [-0.39, 0.29) is 12.4 Å². The lowest BCUT2D eigenvalue weighted by atomic mass is 10.3. The van der Waals surface area contributed by atoms with E-state index in [0.29, 0.717) is 15.9 Å². The molecule has 0 unspecified atom stereocenters. The number of ether oxygens (including phenoxy) is 1. The van der Waals surface area contributed by atoms with E-state index in [1.54, 1.807) is 13.2 Å². The summed E-state index contributed by atoms with van der Waals surface area (Å²) in [6.45, 7) is 0.00213. The van der Waals surface area contributed by atoms with Gasteiger partial charge in [0.25, 0.3) is 0 Å². The second-order valence-electron chi connectivity index (χ2n) is 3.49. The molecule has 1 aromatic heterocycles. The molecular formula is C12H11BrN2O2. The van der Waals surface area contributed by atoms with Gasteiger partial charge in [-0.3, -0.25) is 9.48 Å². The van der Waals surface area contributed by atoms with Crippen molar-refractivity contribution in [2.75, 3.05) is 6.61 Å². The molecule has 0 radical (unpaired) electrons. The van der Waals surface area contributed by atoms with Crippen molar-refractivity contribution >= 4 is 21.7 Å². The Labute approximate surface area is 107 Å². The summed E-state index contributed by atoms with van der Waals surface area (Å²) in [6, 6.07) is 9.24. The van der Waals surface area contributed by atoms with Crippen molar-refractivity contribution in [3.63, 3.8) is 0 Å². The van der Waals surface area contributed by atoms with Gasteiger partial charge in [0.15, 0.2) is 6.61 Å². The Morgan fingerprint density at radius 3 is 2.71 bits per heavy atom. The van der Waals surface area contributed by atoms with E-state index < -0.39 is 0 Å². The lowest BCUT2D eigenvalue weighted by molar-refractivity contribution is 0.0911. The number of aromatic nitrogens is 2. The summed E-state index contributed by atoms with van der Waals surface area (Å²) in [5.41, 5.74) is 0.515. The molecule has 0 spiro atoms. The topological polar surface area (TPSA) is 44.1 Å². The van der Waals surface area contributed by atoms with E-state index in [0.717, 1.165) is 0 Å². The van der Waals surface area contributed by atoms with Gasteiger partial charge in [0, 0.05) is 7.05 Å². The fourth-order valence-electron chi connectivity index (χ4n) is 1.46. The molecule has 2 rings (SSSR count). The van der Waals surface area contributed by atoms with Crippen molar-refractivity contribution in [3.05, 3.63) is 46.7 Å². The number of Topliss-reactive ketones (excluding diaryl/α,β-unsaturated/α-hetero) is 1. The molecule has 0 saturated heterocycles. The second kappa shape index (κ2) is 5.14. The highest BCUT2D eigenvalue weighted by atomic mass is 79.9. The molecule has 88 valence electrons. The van der Waals surface area contributed by atoms with Crippen LogP contribution in [0.1, 0.15) is 10.5 Å². The Balaban J connectivity index is 2.04. The van der Waals surface area contributed by atoms with Crippen LogP contribution in [0.2, 0.25) is 0 Å². The molecule has 17 heavy (non-hydrogen) atoms. The van der Waals surface area contributed by atoms with Crippen LogP contribution in [0.25, 0.3) is 0 Å². The van der Waals surface area contributed by atoms with Gasteiger partial charge in [-0.15, -0.1) is 0 Å². The quantitative estimate of drug-likeness (QED) is 0.814. The number of rotatable bonds is 4. The molecule has 0 aliphatic carbocycles. The van der Waals surface area contributed by atoms with Crippen LogP contribution < -0.4 is 4.74 Å². The predicted octanol–water partition coefficient (Wildman–Crippen LogP) is 2.44. The third-order valence-electron chi connectivity index (χ3n) is 2.27. The molecule has 0 amide bonds. The molecule has 0 aliphatic heterocycles. The zero-order chi connectivity index (χ0) is 12.3. The standard InChI is InChI=1S/C12H11BrN2O2/c1-15-12(10(13)7-14-15)11(16)8-17-9-5-3-2-4-6-9/h2-7H,8H2,1H3. The molecule has 0 saturated carbocycles. The smallest absolute Gasteiger partial charge is 0.219 e. The SMILES string of the molecule is Cn1ncc(Br)c1C(=O)COc1ccccc1. The Hall–Kier alpha value is -1.62.